The highest BCUT2D eigenvalue weighted by atomic mass is 32.2. The molecule has 1 aliphatic rings. The van der Waals surface area contributed by atoms with Crippen LogP contribution in [0.1, 0.15) is 12.8 Å². The lowest BCUT2D eigenvalue weighted by Crippen LogP contribution is -2.35. The minimum Gasteiger partial charge on any atom is -0.459 e. The van der Waals surface area contributed by atoms with E-state index in [1.165, 1.54) is 0 Å². The highest BCUT2D eigenvalue weighted by molar-refractivity contribution is 7.98. The molecule has 1 fully saturated rings. The first-order valence-corrected chi connectivity index (χ1v) is 6.16. The van der Waals surface area contributed by atoms with Gasteiger partial charge >= 0.3 is 5.97 Å². The Kier molecular flexibility index (Phi) is 5.29. The van der Waals surface area contributed by atoms with Crippen molar-refractivity contribution in [1.29, 1.82) is 0 Å². The van der Waals surface area contributed by atoms with Crippen LogP contribution in [0.25, 0.3) is 0 Å². The molecule has 2 unspecified atom stereocenters. The molecule has 2 N–H and O–H groups in total. The Hall–Kier alpha value is -0.260. The molecule has 0 aromatic rings. The first-order chi connectivity index (χ1) is 6.74. The highest BCUT2D eigenvalue weighted by Crippen LogP contribution is 2.10. The zero-order valence-corrected chi connectivity index (χ0v) is 9.22. The molecule has 0 bridgehead atoms. The van der Waals surface area contributed by atoms with E-state index in [-0.39, 0.29) is 12.1 Å². The van der Waals surface area contributed by atoms with E-state index in [2.05, 4.69) is 0 Å². The van der Waals surface area contributed by atoms with Gasteiger partial charge < -0.3 is 15.2 Å². The highest BCUT2D eigenvalue weighted by Gasteiger charge is 2.23. The number of hydrogen-bond donors (Lipinski definition) is 1. The molecular weight excluding hydrogens is 202 g/mol. The first-order valence-electron chi connectivity index (χ1n) is 4.76. The Bertz CT molecular complexity index is 183. The number of carbonyl (C=O) groups excluding carboxylic acids is 1. The van der Waals surface area contributed by atoms with Gasteiger partial charge in [0.2, 0.25) is 0 Å². The lowest BCUT2D eigenvalue weighted by molar-refractivity contribution is -0.150. The average Bonchev–Trinajstić information content (AvgIpc) is 2.66. The maximum Gasteiger partial charge on any atom is 0.323 e. The maximum atomic E-state index is 11.4. The molecule has 5 heteroatoms. The van der Waals surface area contributed by atoms with Gasteiger partial charge in [0.25, 0.3) is 0 Å². The van der Waals surface area contributed by atoms with Gasteiger partial charge in [-0.25, -0.2) is 0 Å². The van der Waals surface area contributed by atoms with Gasteiger partial charge in [0.05, 0.1) is 13.2 Å². The zero-order valence-electron chi connectivity index (χ0n) is 8.40. The fourth-order valence-corrected chi connectivity index (χ4v) is 1.71. The second-order valence-corrected chi connectivity index (χ2v) is 4.30. The van der Waals surface area contributed by atoms with Crippen LogP contribution in [-0.4, -0.2) is 43.3 Å². The van der Waals surface area contributed by atoms with Crippen LogP contribution in [0, 0.1) is 0 Å². The number of carbonyl (C=O) groups is 1. The SMILES string of the molecule is CSCCC(N)C(=O)OC1CCOC1. The number of hydrogen-bond acceptors (Lipinski definition) is 5. The summed E-state index contributed by atoms with van der Waals surface area (Å²) >= 11 is 1.68. The summed E-state index contributed by atoms with van der Waals surface area (Å²) in [4.78, 5) is 11.4. The molecule has 0 spiro atoms. The van der Waals surface area contributed by atoms with E-state index in [0.29, 0.717) is 19.6 Å². The molecule has 82 valence electrons. The summed E-state index contributed by atoms with van der Waals surface area (Å²) < 4.78 is 10.3. The minimum atomic E-state index is -0.483. The topological polar surface area (TPSA) is 61.6 Å². The van der Waals surface area contributed by atoms with Crippen LogP contribution in [0.4, 0.5) is 0 Å². The van der Waals surface area contributed by atoms with Crippen LogP contribution in [-0.2, 0) is 14.3 Å². The Morgan fingerprint density at radius 3 is 3.14 bits per heavy atom. The van der Waals surface area contributed by atoms with Crippen molar-refractivity contribution >= 4 is 17.7 Å². The number of nitrogens with two attached hydrogens (primary N) is 1. The summed E-state index contributed by atoms with van der Waals surface area (Å²) in [5.74, 6) is 0.590. The fourth-order valence-electron chi connectivity index (χ4n) is 1.22. The molecule has 14 heavy (non-hydrogen) atoms. The second kappa shape index (κ2) is 6.27. The third kappa shape index (κ3) is 3.86. The Morgan fingerprint density at radius 1 is 1.79 bits per heavy atom. The van der Waals surface area contributed by atoms with Crippen molar-refractivity contribution in [2.24, 2.45) is 5.73 Å². The lowest BCUT2D eigenvalue weighted by atomic mass is 10.2. The molecule has 1 heterocycles. The van der Waals surface area contributed by atoms with E-state index in [9.17, 15) is 4.79 Å². The van der Waals surface area contributed by atoms with E-state index in [0.717, 1.165) is 12.2 Å². The largest absolute Gasteiger partial charge is 0.459 e. The van der Waals surface area contributed by atoms with E-state index < -0.39 is 6.04 Å². The molecule has 0 aliphatic carbocycles. The maximum absolute atomic E-state index is 11.4. The number of rotatable bonds is 5. The predicted molar refractivity (Wildman–Crippen MR) is 56.3 cm³/mol. The Balaban J connectivity index is 2.18. The van der Waals surface area contributed by atoms with E-state index in [1.54, 1.807) is 11.8 Å². The van der Waals surface area contributed by atoms with E-state index in [4.69, 9.17) is 15.2 Å². The van der Waals surface area contributed by atoms with E-state index >= 15 is 0 Å². The summed E-state index contributed by atoms with van der Waals surface area (Å²) in [5.41, 5.74) is 5.65. The molecular formula is C9H17NO3S. The van der Waals surface area contributed by atoms with Gasteiger partial charge in [0.15, 0.2) is 0 Å². The fraction of sp³-hybridized carbons (Fsp3) is 0.889. The third-order valence-corrected chi connectivity index (χ3v) is 2.75. The summed E-state index contributed by atoms with van der Waals surface area (Å²) in [7, 11) is 0. The minimum absolute atomic E-state index is 0.0807. The van der Waals surface area contributed by atoms with Crippen LogP contribution in [0.3, 0.4) is 0 Å². The standard InChI is InChI=1S/C9H17NO3S/c1-14-5-3-8(10)9(11)13-7-2-4-12-6-7/h7-8H,2-6,10H2,1H3. The molecule has 1 saturated heterocycles. The molecule has 0 amide bonds. The normalized spacial score (nSPS) is 23.4. The van der Waals surface area contributed by atoms with Gasteiger partial charge in [-0.15, -0.1) is 0 Å². The first kappa shape index (κ1) is 11.8. The quantitative estimate of drug-likeness (QED) is 0.678. The zero-order chi connectivity index (χ0) is 10.4. The molecule has 0 aromatic heterocycles. The second-order valence-electron chi connectivity index (χ2n) is 3.31. The van der Waals surface area contributed by atoms with Crippen LogP contribution in [0.2, 0.25) is 0 Å². The molecule has 0 saturated carbocycles. The van der Waals surface area contributed by atoms with Crippen molar-refractivity contribution in [3.05, 3.63) is 0 Å². The van der Waals surface area contributed by atoms with Crippen molar-refractivity contribution in [3.8, 4) is 0 Å². The smallest absolute Gasteiger partial charge is 0.323 e. The molecule has 0 radical (unpaired) electrons. The van der Waals surface area contributed by atoms with Gasteiger partial charge in [-0.2, -0.15) is 11.8 Å². The Labute approximate surface area is 88.5 Å². The van der Waals surface area contributed by atoms with Crippen LogP contribution < -0.4 is 5.73 Å². The van der Waals surface area contributed by atoms with Crippen molar-refractivity contribution < 1.29 is 14.3 Å². The van der Waals surface area contributed by atoms with Crippen molar-refractivity contribution in [3.63, 3.8) is 0 Å². The van der Waals surface area contributed by atoms with Gasteiger partial charge in [-0.1, -0.05) is 0 Å². The summed E-state index contributed by atoms with van der Waals surface area (Å²) in [6, 6.07) is -0.483. The monoisotopic (exact) mass is 219 g/mol. The lowest BCUT2D eigenvalue weighted by Gasteiger charge is -2.14. The summed E-state index contributed by atoms with van der Waals surface area (Å²) in [5, 5.41) is 0. The molecule has 2 atom stereocenters. The molecule has 4 nitrogen and oxygen atoms in total. The summed E-state index contributed by atoms with van der Waals surface area (Å²) in [6.45, 7) is 1.19. The van der Waals surface area contributed by atoms with Gasteiger partial charge in [-0.05, 0) is 18.4 Å². The van der Waals surface area contributed by atoms with Gasteiger partial charge in [-0.3, -0.25) is 4.79 Å². The van der Waals surface area contributed by atoms with Crippen LogP contribution in [0.5, 0.6) is 0 Å². The number of ether oxygens (including phenoxy) is 2. The van der Waals surface area contributed by atoms with Crippen molar-refractivity contribution in [2.75, 3.05) is 25.2 Å². The van der Waals surface area contributed by atoms with Gasteiger partial charge in [0, 0.05) is 6.42 Å². The predicted octanol–water partition coefficient (Wildman–Crippen LogP) is 0.399. The Morgan fingerprint density at radius 2 is 2.57 bits per heavy atom. The van der Waals surface area contributed by atoms with E-state index in [1.807, 2.05) is 6.26 Å². The molecule has 1 aliphatic heterocycles. The average molecular weight is 219 g/mol. The number of esters is 1. The summed E-state index contributed by atoms with van der Waals surface area (Å²) in [6.07, 6.45) is 3.38. The van der Waals surface area contributed by atoms with Gasteiger partial charge in [0.1, 0.15) is 12.1 Å². The van der Waals surface area contributed by atoms with Crippen molar-refractivity contribution in [1.82, 2.24) is 0 Å². The van der Waals surface area contributed by atoms with Crippen LogP contribution >= 0.6 is 11.8 Å². The molecule has 0 aromatic carbocycles. The third-order valence-electron chi connectivity index (χ3n) is 2.11. The van der Waals surface area contributed by atoms with Crippen molar-refractivity contribution in [2.45, 2.75) is 25.0 Å². The molecule has 1 rings (SSSR count). The van der Waals surface area contributed by atoms with Crippen LogP contribution in [0.15, 0.2) is 0 Å². The number of thioether (sulfide) groups is 1.